The van der Waals surface area contributed by atoms with Gasteiger partial charge in [0.1, 0.15) is 11.5 Å². The summed E-state index contributed by atoms with van der Waals surface area (Å²) in [6.45, 7) is 2.07. The fourth-order valence-corrected chi connectivity index (χ4v) is 2.69. The molecule has 4 nitrogen and oxygen atoms in total. The Balaban J connectivity index is 1.82. The molecule has 0 spiro atoms. The number of thiazole rings is 1. The molecule has 0 saturated heterocycles. The van der Waals surface area contributed by atoms with Crippen molar-refractivity contribution >= 4 is 44.9 Å². The molecule has 3 heterocycles. The molecule has 0 radical (unpaired) electrons. The Bertz CT molecular complexity index is 727. The Kier molecular flexibility index (Phi) is 3.93. The van der Waals surface area contributed by atoms with Crippen LogP contribution in [0, 0.1) is 10.5 Å². The summed E-state index contributed by atoms with van der Waals surface area (Å²) < 4.78 is 1.15. The number of anilines is 2. The zero-order valence-electron chi connectivity index (χ0n) is 10.7. The van der Waals surface area contributed by atoms with Crippen LogP contribution in [0.5, 0.6) is 0 Å². The first kappa shape index (κ1) is 13.4. The van der Waals surface area contributed by atoms with Crippen LogP contribution in [0.3, 0.4) is 0 Å². The molecule has 0 aliphatic heterocycles. The minimum absolute atomic E-state index is 0.810. The topological polar surface area (TPSA) is 50.7 Å². The first-order valence-electron chi connectivity index (χ1n) is 5.98. The van der Waals surface area contributed by atoms with E-state index >= 15 is 0 Å². The van der Waals surface area contributed by atoms with Gasteiger partial charge in [0.05, 0.1) is 5.69 Å². The quantitative estimate of drug-likeness (QED) is 0.675. The molecule has 3 aromatic rings. The first-order chi connectivity index (χ1) is 9.72. The number of hydrogen-bond acceptors (Lipinski definition) is 5. The number of aromatic nitrogens is 3. The van der Waals surface area contributed by atoms with Crippen molar-refractivity contribution < 1.29 is 0 Å². The van der Waals surface area contributed by atoms with Crippen LogP contribution in [0.15, 0.2) is 42.0 Å². The Morgan fingerprint density at radius 3 is 2.85 bits per heavy atom. The van der Waals surface area contributed by atoms with Gasteiger partial charge < -0.3 is 5.32 Å². The second-order valence-corrected chi connectivity index (χ2v) is 6.22. The van der Waals surface area contributed by atoms with Crippen molar-refractivity contribution in [1.82, 2.24) is 15.0 Å². The van der Waals surface area contributed by atoms with Gasteiger partial charge in [-0.05, 0) is 53.3 Å². The van der Waals surface area contributed by atoms with Crippen LogP contribution in [-0.4, -0.2) is 15.0 Å². The van der Waals surface area contributed by atoms with Gasteiger partial charge in [-0.25, -0.2) is 9.97 Å². The van der Waals surface area contributed by atoms with Gasteiger partial charge in [-0.2, -0.15) is 0 Å². The summed E-state index contributed by atoms with van der Waals surface area (Å²) in [6, 6.07) is 7.82. The van der Waals surface area contributed by atoms with Gasteiger partial charge in [0.2, 0.25) is 0 Å². The Morgan fingerprint density at radius 2 is 2.10 bits per heavy atom. The molecule has 0 bridgehead atoms. The third-order valence-corrected chi connectivity index (χ3v) is 4.60. The van der Waals surface area contributed by atoms with Gasteiger partial charge in [0.15, 0.2) is 5.13 Å². The molecule has 20 heavy (non-hydrogen) atoms. The molecule has 1 N–H and O–H groups in total. The number of aryl methyl sites for hydroxylation is 1. The fraction of sp³-hybridized carbons (Fsp3) is 0.0714. The SMILES string of the molecule is Cc1cc(Nc2nc(-c3ccccn3)cs2)ncc1I. The van der Waals surface area contributed by atoms with Crippen molar-refractivity contribution in [3.05, 3.63) is 51.2 Å². The molecule has 0 atom stereocenters. The van der Waals surface area contributed by atoms with Crippen molar-refractivity contribution in [1.29, 1.82) is 0 Å². The third-order valence-electron chi connectivity index (χ3n) is 2.71. The van der Waals surface area contributed by atoms with Gasteiger partial charge in [0.25, 0.3) is 0 Å². The molecule has 3 aromatic heterocycles. The number of nitrogens with zero attached hydrogens (tertiary/aromatic N) is 3. The first-order valence-corrected chi connectivity index (χ1v) is 7.94. The van der Waals surface area contributed by atoms with Crippen molar-refractivity contribution in [3.63, 3.8) is 0 Å². The Morgan fingerprint density at radius 1 is 1.20 bits per heavy atom. The summed E-state index contributed by atoms with van der Waals surface area (Å²) in [4.78, 5) is 13.2. The molecule has 0 aromatic carbocycles. The second kappa shape index (κ2) is 5.84. The summed E-state index contributed by atoms with van der Waals surface area (Å²) >= 11 is 3.82. The van der Waals surface area contributed by atoms with Gasteiger partial charge in [-0.3, -0.25) is 4.98 Å². The highest BCUT2D eigenvalue weighted by molar-refractivity contribution is 14.1. The van der Waals surface area contributed by atoms with Gasteiger partial charge in [-0.1, -0.05) is 6.07 Å². The molecule has 0 aliphatic carbocycles. The summed E-state index contributed by atoms with van der Waals surface area (Å²) in [7, 11) is 0. The second-order valence-electron chi connectivity index (χ2n) is 4.20. The summed E-state index contributed by atoms with van der Waals surface area (Å²) in [5.41, 5.74) is 2.95. The molecular weight excluding hydrogens is 383 g/mol. The van der Waals surface area contributed by atoms with Crippen LogP contribution < -0.4 is 5.32 Å². The maximum Gasteiger partial charge on any atom is 0.188 e. The number of nitrogens with one attached hydrogen (secondary N) is 1. The molecule has 0 amide bonds. The average molecular weight is 394 g/mol. The predicted molar refractivity (Wildman–Crippen MR) is 90.3 cm³/mol. The third kappa shape index (κ3) is 2.96. The van der Waals surface area contributed by atoms with Crippen LogP contribution in [0.2, 0.25) is 0 Å². The van der Waals surface area contributed by atoms with E-state index in [1.807, 2.05) is 35.8 Å². The highest BCUT2D eigenvalue weighted by Gasteiger charge is 2.06. The van der Waals surface area contributed by atoms with E-state index in [-0.39, 0.29) is 0 Å². The maximum absolute atomic E-state index is 4.53. The van der Waals surface area contributed by atoms with Crippen LogP contribution in [0.25, 0.3) is 11.4 Å². The lowest BCUT2D eigenvalue weighted by Crippen LogP contribution is -1.95. The normalized spacial score (nSPS) is 10.5. The van der Waals surface area contributed by atoms with E-state index in [1.165, 1.54) is 5.56 Å². The Hall–Kier alpha value is -1.54. The zero-order valence-corrected chi connectivity index (χ0v) is 13.6. The highest BCUT2D eigenvalue weighted by atomic mass is 127. The lowest BCUT2D eigenvalue weighted by molar-refractivity contribution is 1.23. The smallest absolute Gasteiger partial charge is 0.188 e. The van der Waals surface area contributed by atoms with E-state index in [0.717, 1.165) is 25.9 Å². The van der Waals surface area contributed by atoms with Crippen LogP contribution in [0.4, 0.5) is 10.9 Å². The van der Waals surface area contributed by atoms with Crippen molar-refractivity contribution in [2.75, 3.05) is 5.32 Å². The lowest BCUT2D eigenvalue weighted by Gasteiger charge is -2.03. The molecule has 0 fully saturated rings. The van der Waals surface area contributed by atoms with Crippen molar-refractivity contribution in [3.8, 4) is 11.4 Å². The molecule has 3 rings (SSSR count). The van der Waals surface area contributed by atoms with E-state index < -0.39 is 0 Å². The lowest BCUT2D eigenvalue weighted by atomic mass is 10.3. The van der Waals surface area contributed by atoms with E-state index in [0.29, 0.717) is 0 Å². The summed E-state index contributed by atoms with van der Waals surface area (Å²) in [5, 5.41) is 6.04. The van der Waals surface area contributed by atoms with E-state index in [1.54, 1.807) is 17.5 Å². The van der Waals surface area contributed by atoms with Crippen LogP contribution >= 0.6 is 33.9 Å². The highest BCUT2D eigenvalue weighted by Crippen LogP contribution is 2.25. The molecule has 100 valence electrons. The Labute approximate surface area is 134 Å². The zero-order chi connectivity index (χ0) is 13.9. The van der Waals surface area contributed by atoms with Crippen LogP contribution in [0.1, 0.15) is 5.56 Å². The van der Waals surface area contributed by atoms with E-state index in [2.05, 4.69) is 49.8 Å². The fourth-order valence-electron chi connectivity index (χ4n) is 1.68. The molecule has 0 saturated carbocycles. The predicted octanol–water partition coefficient (Wildman–Crippen LogP) is 4.26. The van der Waals surface area contributed by atoms with Crippen molar-refractivity contribution in [2.24, 2.45) is 0 Å². The van der Waals surface area contributed by atoms with Gasteiger partial charge >= 0.3 is 0 Å². The number of rotatable bonds is 3. The summed E-state index contributed by atoms with van der Waals surface area (Å²) in [6.07, 6.45) is 3.62. The standard InChI is InChI=1S/C14H11IN4S/c1-9-6-13(17-7-10(9)15)19-14-18-12(8-20-14)11-4-2-3-5-16-11/h2-8H,1H3,(H,17,18,19). The largest absolute Gasteiger partial charge is 0.316 e. The van der Waals surface area contributed by atoms with Gasteiger partial charge in [-0.15, -0.1) is 11.3 Å². The average Bonchev–Trinajstić information content (AvgIpc) is 2.92. The minimum atomic E-state index is 0.810. The van der Waals surface area contributed by atoms with Gasteiger partial charge in [0, 0.05) is 21.3 Å². The number of hydrogen-bond donors (Lipinski definition) is 1. The van der Waals surface area contributed by atoms with E-state index in [9.17, 15) is 0 Å². The number of pyridine rings is 2. The molecule has 0 unspecified atom stereocenters. The maximum atomic E-state index is 4.53. The minimum Gasteiger partial charge on any atom is -0.316 e. The van der Waals surface area contributed by atoms with Crippen molar-refractivity contribution in [2.45, 2.75) is 6.92 Å². The molecule has 6 heteroatoms. The molecule has 0 aliphatic rings. The summed E-state index contributed by atoms with van der Waals surface area (Å²) in [5.74, 6) is 0.810. The van der Waals surface area contributed by atoms with Crippen LogP contribution in [-0.2, 0) is 0 Å². The number of halogens is 1. The molecular formula is C14H11IN4S. The monoisotopic (exact) mass is 394 g/mol. The van der Waals surface area contributed by atoms with E-state index in [4.69, 9.17) is 0 Å².